The van der Waals surface area contributed by atoms with Crippen molar-refractivity contribution in [2.75, 3.05) is 7.11 Å². The molecule has 1 aromatic heterocycles. The number of esters is 1. The average molecular weight is 293 g/mol. The number of aromatic nitrogens is 2. The second-order valence-electron chi connectivity index (χ2n) is 4.38. The Balaban J connectivity index is 2.94. The molecule has 8 heteroatoms. The molecule has 2 rings (SSSR count). The molecule has 0 spiro atoms. The minimum absolute atomic E-state index is 0.162. The highest BCUT2D eigenvalue weighted by Gasteiger charge is 2.25. The van der Waals surface area contributed by atoms with Crippen LogP contribution in [0, 0.1) is 10.1 Å². The maximum absolute atomic E-state index is 12.2. The Hall–Kier alpha value is -2.64. The summed E-state index contributed by atoms with van der Waals surface area (Å²) in [6.07, 6.45) is 0. The Morgan fingerprint density at radius 1 is 1.24 bits per heavy atom. The Kier molecular flexibility index (Phi) is 3.79. The molecule has 0 saturated carbocycles. The molecule has 1 aromatic carbocycles. The number of ether oxygens (including phenoxy) is 1. The van der Waals surface area contributed by atoms with E-state index < -0.39 is 10.9 Å². The van der Waals surface area contributed by atoms with Crippen LogP contribution in [0.1, 0.15) is 24.2 Å². The van der Waals surface area contributed by atoms with Crippen LogP contribution in [0.2, 0.25) is 0 Å². The van der Waals surface area contributed by atoms with E-state index in [1.807, 2.05) is 0 Å². The Morgan fingerprint density at radius 3 is 2.19 bits per heavy atom. The number of nitro benzene ring substituents is 1. The second kappa shape index (κ2) is 5.39. The molecule has 0 fully saturated rings. The summed E-state index contributed by atoms with van der Waals surface area (Å²) in [5.74, 6) is -0.803. The minimum Gasteiger partial charge on any atom is -0.465 e. The number of carbonyl (C=O) groups is 1. The van der Waals surface area contributed by atoms with Gasteiger partial charge in [0.25, 0.3) is 5.69 Å². The molecule has 0 aliphatic carbocycles. The first-order valence-corrected chi connectivity index (χ1v) is 6.46. The van der Waals surface area contributed by atoms with Crippen LogP contribution < -0.4 is 5.69 Å². The summed E-state index contributed by atoms with van der Waals surface area (Å²) in [6.45, 7) is 4.36. The first kappa shape index (κ1) is 14.8. The van der Waals surface area contributed by atoms with Gasteiger partial charge in [0.05, 0.1) is 23.1 Å². The quantitative estimate of drug-likeness (QED) is 0.484. The average Bonchev–Trinajstić information content (AvgIpc) is 2.74. The van der Waals surface area contributed by atoms with Crippen LogP contribution >= 0.6 is 0 Å². The lowest BCUT2D eigenvalue weighted by atomic mass is 10.1. The van der Waals surface area contributed by atoms with Crippen molar-refractivity contribution in [2.45, 2.75) is 26.9 Å². The summed E-state index contributed by atoms with van der Waals surface area (Å²) >= 11 is 0. The van der Waals surface area contributed by atoms with E-state index in [0.717, 1.165) is 7.11 Å². The van der Waals surface area contributed by atoms with E-state index in [2.05, 4.69) is 4.74 Å². The summed E-state index contributed by atoms with van der Waals surface area (Å²) in [4.78, 5) is 34.4. The molecule has 0 N–H and O–H groups in total. The van der Waals surface area contributed by atoms with E-state index in [1.54, 1.807) is 13.8 Å². The molecule has 0 aliphatic heterocycles. The topological polar surface area (TPSA) is 96.4 Å². The maximum Gasteiger partial charge on any atom is 0.344 e. The molecule has 8 nitrogen and oxygen atoms in total. The highest BCUT2D eigenvalue weighted by atomic mass is 16.6. The van der Waals surface area contributed by atoms with Gasteiger partial charge in [0, 0.05) is 19.2 Å². The van der Waals surface area contributed by atoms with Crippen molar-refractivity contribution in [1.82, 2.24) is 9.13 Å². The number of nitrogens with zero attached hydrogens (tertiary/aromatic N) is 3. The van der Waals surface area contributed by atoms with Gasteiger partial charge < -0.3 is 4.74 Å². The number of hydrogen-bond donors (Lipinski definition) is 0. The summed E-state index contributed by atoms with van der Waals surface area (Å²) in [5.41, 5.74) is 0.126. The Bertz CT molecular complexity index is 787. The van der Waals surface area contributed by atoms with Gasteiger partial charge in [-0.1, -0.05) is 0 Å². The molecule has 21 heavy (non-hydrogen) atoms. The molecule has 0 aliphatic rings. The number of hydrogen-bond acceptors (Lipinski definition) is 5. The van der Waals surface area contributed by atoms with Crippen molar-refractivity contribution in [3.05, 3.63) is 38.3 Å². The summed E-state index contributed by atoms with van der Waals surface area (Å²) in [6, 6.07) is 2.59. The third kappa shape index (κ3) is 2.18. The number of aryl methyl sites for hydroxylation is 2. The molecule has 0 bridgehead atoms. The third-order valence-electron chi connectivity index (χ3n) is 3.37. The van der Waals surface area contributed by atoms with Crippen LogP contribution in [0.4, 0.5) is 5.69 Å². The minimum atomic E-state index is -0.803. The lowest BCUT2D eigenvalue weighted by Gasteiger charge is -2.04. The van der Waals surface area contributed by atoms with Crippen LogP contribution in [-0.4, -0.2) is 27.1 Å². The number of rotatable bonds is 4. The molecular formula is C13H15N3O5. The van der Waals surface area contributed by atoms with Crippen molar-refractivity contribution in [2.24, 2.45) is 0 Å². The molecule has 1 heterocycles. The number of methoxy groups -OCH3 is 1. The molecule has 0 saturated heterocycles. The number of nitro groups is 1. The van der Waals surface area contributed by atoms with Gasteiger partial charge in [-0.05, 0) is 19.9 Å². The zero-order chi connectivity index (χ0) is 15.7. The normalized spacial score (nSPS) is 10.8. The molecular weight excluding hydrogens is 278 g/mol. The number of benzene rings is 1. The maximum atomic E-state index is 12.2. The van der Waals surface area contributed by atoms with E-state index in [1.165, 1.54) is 21.3 Å². The van der Waals surface area contributed by atoms with E-state index in [0.29, 0.717) is 24.1 Å². The lowest BCUT2D eigenvalue weighted by molar-refractivity contribution is -0.385. The van der Waals surface area contributed by atoms with Gasteiger partial charge in [0.15, 0.2) is 0 Å². The molecule has 0 radical (unpaired) electrons. The molecule has 0 unspecified atom stereocenters. The van der Waals surface area contributed by atoms with Crippen LogP contribution in [0.3, 0.4) is 0 Å². The SMILES string of the molecule is CCn1c(=O)n(CC)c2cc([N+](=O)[O-])c(C(=O)OC)cc21. The number of fused-ring (bicyclic) bond motifs is 1. The van der Waals surface area contributed by atoms with Gasteiger partial charge in [0.1, 0.15) is 5.56 Å². The monoisotopic (exact) mass is 293 g/mol. The van der Waals surface area contributed by atoms with Gasteiger partial charge >= 0.3 is 11.7 Å². The largest absolute Gasteiger partial charge is 0.465 e. The van der Waals surface area contributed by atoms with Gasteiger partial charge in [-0.15, -0.1) is 0 Å². The zero-order valence-corrected chi connectivity index (χ0v) is 12.0. The summed E-state index contributed by atoms with van der Waals surface area (Å²) in [5, 5.41) is 11.2. The standard InChI is InChI=1S/C13H15N3O5/c1-4-14-10-6-8(12(17)21-3)9(16(19)20)7-11(10)15(5-2)13(14)18/h6-7H,4-5H2,1-3H3. The van der Waals surface area contributed by atoms with Crippen molar-refractivity contribution >= 4 is 22.7 Å². The molecule has 0 atom stereocenters. The van der Waals surface area contributed by atoms with Crippen LogP contribution in [-0.2, 0) is 17.8 Å². The van der Waals surface area contributed by atoms with Crippen molar-refractivity contribution in [3.8, 4) is 0 Å². The number of imidazole rings is 1. The predicted octanol–water partition coefficient (Wildman–Crippen LogP) is 1.54. The van der Waals surface area contributed by atoms with Crippen molar-refractivity contribution in [3.63, 3.8) is 0 Å². The van der Waals surface area contributed by atoms with Crippen LogP contribution in [0.25, 0.3) is 11.0 Å². The second-order valence-corrected chi connectivity index (χ2v) is 4.38. The predicted molar refractivity (Wildman–Crippen MR) is 75.5 cm³/mol. The Morgan fingerprint density at radius 2 is 1.76 bits per heavy atom. The fraction of sp³-hybridized carbons (Fsp3) is 0.385. The summed E-state index contributed by atoms with van der Waals surface area (Å²) < 4.78 is 7.48. The van der Waals surface area contributed by atoms with Crippen molar-refractivity contribution in [1.29, 1.82) is 0 Å². The van der Waals surface area contributed by atoms with E-state index in [9.17, 15) is 19.7 Å². The van der Waals surface area contributed by atoms with Crippen LogP contribution in [0.15, 0.2) is 16.9 Å². The van der Waals surface area contributed by atoms with E-state index in [4.69, 9.17) is 0 Å². The first-order valence-electron chi connectivity index (χ1n) is 6.46. The first-order chi connectivity index (χ1) is 9.96. The van der Waals surface area contributed by atoms with Crippen molar-refractivity contribution < 1.29 is 14.5 Å². The van der Waals surface area contributed by atoms with Gasteiger partial charge in [-0.25, -0.2) is 9.59 Å². The van der Waals surface area contributed by atoms with E-state index >= 15 is 0 Å². The van der Waals surface area contributed by atoms with Gasteiger partial charge in [-0.3, -0.25) is 19.2 Å². The highest BCUT2D eigenvalue weighted by Crippen LogP contribution is 2.26. The van der Waals surface area contributed by atoms with Gasteiger partial charge in [0.2, 0.25) is 0 Å². The molecule has 0 amide bonds. The van der Waals surface area contributed by atoms with Crippen LogP contribution in [0.5, 0.6) is 0 Å². The molecule has 112 valence electrons. The van der Waals surface area contributed by atoms with Gasteiger partial charge in [-0.2, -0.15) is 0 Å². The smallest absolute Gasteiger partial charge is 0.344 e. The highest BCUT2D eigenvalue weighted by molar-refractivity contribution is 5.98. The van der Waals surface area contributed by atoms with E-state index in [-0.39, 0.29) is 16.9 Å². The Labute approximate surface area is 119 Å². The zero-order valence-electron chi connectivity index (χ0n) is 12.0. The molecule has 2 aromatic rings. The third-order valence-corrected chi connectivity index (χ3v) is 3.37. The lowest BCUT2D eigenvalue weighted by Crippen LogP contribution is -2.23. The summed E-state index contributed by atoms with van der Waals surface area (Å²) in [7, 11) is 1.15. The fourth-order valence-electron chi connectivity index (χ4n) is 2.39. The fourth-order valence-corrected chi connectivity index (χ4v) is 2.39. The number of carbonyl (C=O) groups excluding carboxylic acids is 1.